The highest BCUT2D eigenvalue weighted by atomic mass is 16.7. The molecule has 1 heterocycles. The van der Waals surface area contributed by atoms with E-state index in [9.17, 15) is 15.3 Å². The van der Waals surface area contributed by atoms with Crippen molar-refractivity contribution >= 4 is 0 Å². The zero-order valence-corrected chi connectivity index (χ0v) is 10.3. The molecule has 0 unspecified atom stereocenters. The Balaban J connectivity index is 1.95. The SMILES string of the molecule is OC[C@H]1O[C@H](OCc2ccccc2)[C@H](O)[C@@H](O)[C@@H]1O. The van der Waals surface area contributed by atoms with Gasteiger partial charge in [0.1, 0.15) is 24.4 Å². The van der Waals surface area contributed by atoms with Gasteiger partial charge in [-0.05, 0) is 5.56 Å². The molecular formula is C13H18O6. The summed E-state index contributed by atoms with van der Waals surface area (Å²) in [5.74, 6) is 0. The summed E-state index contributed by atoms with van der Waals surface area (Å²) in [5, 5.41) is 38.0. The zero-order valence-electron chi connectivity index (χ0n) is 10.3. The van der Waals surface area contributed by atoms with Crippen LogP contribution in [0.2, 0.25) is 0 Å². The Kier molecular flexibility index (Phi) is 4.87. The fraction of sp³-hybridized carbons (Fsp3) is 0.538. The van der Waals surface area contributed by atoms with Gasteiger partial charge in [-0.2, -0.15) is 0 Å². The zero-order chi connectivity index (χ0) is 13.8. The van der Waals surface area contributed by atoms with E-state index in [2.05, 4.69) is 0 Å². The summed E-state index contributed by atoms with van der Waals surface area (Å²) >= 11 is 0. The van der Waals surface area contributed by atoms with E-state index in [1.165, 1.54) is 0 Å². The van der Waals surface area contributed by atoms with Gasteiger partial charge in [-0.3, -0.25) is 0 Å². The third kappa shape index (κ3) is 3.30. The van der Waals surface area contributed by atoms with Crippen LogP contribution in [0.1, 0.15) is 5.56 Å². The lowest BCUT2D eigenvalue weighted by atomic mass is 9.99. The monoisotopic (exact) mass is 270 g/mol. The van der Waals surface area contributed by atoms with E-state index < -0.39 is 37.3 Å². The first kappa shape index (κ1) is 14.4. The van der Waals surface area contributed by atoms with Crippen molar-refractivity contribution in [1.29, 1.82) is 0 Å². The Morgan fingerprint density at radius 1 is 1.00 bits per heavy atom. The number of hydrogen-bond donors (Lipinski definition) is 4. The minimum atomic E-state index is -1.41. The second-order valence-electron chi connectivity index (χ2n) is 4.49. The van der Waals surface area contributed by atoms with Crippen molar-refractivity contribution in [3.8, 4) is 0 Å². The average Bonchev–Trinajstić information content (AvgIpc) is 2.45. The summed E-state index contributed by atoms with van der Waals surface area (Å²) < 4.78 is 10.6. The minimum Gasteiger partial charge on any atom is -0.394 e. The molecule has 0 spiro atoms. The van der Waals surface area contributed by atoms with Gasteiger partial charge in [0.15, 0.2) is 6.29 Å². The van der Waals surface area contributed by atoms with Crippen molar-refractivity contribution in [1.82, 2.24) is 0 Å². The Bertz CT molecular complexity index is 382. The van der Waals surface area contributed by atoms with Gasteiger partial charge in [-0.15, -0.1) is 0 Å². The summed E-state index contributed by atoms with van der Waals surface area (Å²) in [6.07, 6.45) is -6.17. The van der Waals surface area contributed by atoms with E-state index in [0.29, 0.717) is 0 Å². The van der Waals surface area contributed by atoms with Crippen LogP contribution >= 0.6 is 0 Å². The molecule has 19 heavy (non-hydrogen) atoms. The van der Waals surface area contributed by atoms with Crippen LogP contribution in [0.25, 0.3) is 0 Å². The molecule has 1 fully saturated rings. The van der Waals surface area contributed by atoms with Crippen molar-refractivity contribution in [3.63, 3.8) is 0 Å². The summed E-state index contributed by atoms with van der Waals surface area (Å²) in [7, 11) is 0. The molecule has 0 aromatic heterocycles. The van der Waals surface area contributed by atoms with Crippen LogP contribution in [0.3, 0.4) is 0 Å². The predicted molar refractivity (Wildman–Crippen MR) is 65.0 cm³/mol. The molecular weight excluding hydrogens is 252 g/mol. The van der Waals surface area contributed by atoms with Gasteiger partial charge in [-0.25, -0.2) is 0 Å². The summed E-state index contributed by atoms with van der Waals surface area (Å²) in [6.45, 7) is -0.264. The van der Waals surface area contributed by atoms with E-state index >= 15 is 0 Å². The van der Waals surface area contributed by atoms with Crippen molar-refractivity contribution in [2.24, 2.45) is 0 Å². The molecule has 0 saturated carbocycles. The van der Waals surface area contributed by atoms with Gasteiger partial charge in [0, 0.05) is 0 Å². The largest absolute Gasteiger partial charge is 0.394 e. The topological polar surface area (TPSA) is 99.4 Å². The van der Waals surface area contributed by atoms with Gasteiger partial charge in [-0.1, -0.05) is 30.3 Å². The maximum absolute atomic E-state index is 9.76. The first-order valence-corrected chi connectivity index (χ1v) is 6.09. The van der Waals surface area contributed by atoms with Gasteiger partial charge in [0.2, 0.25) is 0 Å². The molecule has 1 aromatic rings. The number of aliphatic hydroxyl groups excluding tert-OH is 4. The Morgan fingerprint density at radius 3 is 2.32 bits per heavy atom. The molecule has 1 saturated heterocycles. The average molecular weight is 270 g/mol. The number of hydrogen-bond acceptors (Lipinski definition) is 6. The molecule has 1 aliphatic rings. The molecule has 5 atom stereocenters. The first-order valence-electron chi connectivity index (χ1n) is 6.09. The quantitative estimate of drug-likeness (QED) is 0.560. The van der Waals surface area contributed by atoms with Crippen LogP contribution in [-0.4, -0.2) is 57.7 Å². The van der Waals surface area contributed by atoms with E-state index in [0.717, 1.165) is 5.56 Å². The molecule has 2 rings (SSSR count). The minimum absolute atomic E-state index is 0.198. The van der Waals surface area contributed by atoms with Crippen molar-refractivity contribution < 1.29 is 29.9 Å². The lowest BCUT2D eigenvalue weighted by Gasteiger charge is -2.39. The lowest BCUT2D eigenvalue weighted by Crippen LogP contribution is -2.59. The molecule has 6 heteroatoms. The predicted octanol–water partition coefficient (Wildman–Crippen LogP) is -0.997. The van der Waals surface area contributed by atoms with Crippen LogP contribution in [0, 0.1) is 0 Å². The highest BCUT2D eigenvalue weighted by Gasteiger charge is 2.43. The summed E-state index contributed by atoms with van der Waals surface area (Å²) in [5.41, 5.74) is 0.888. The molecule has 0 amide bonds. The van der Waals surface area contributed by atoms with Crippen molar-refractivity contribution in [2.75, 3.05) is 6.61 Å². The fourth-order valence-corrected chi connectivity index (χ4v) is 1.96. The number of benzene rings is 1. The normalized spacial score (nSPS) is 35.3. The maximum Gasteiger partial charge on any atom is 0.187 e. The van der Waals surface area contributed by atoms with E-state index in [-0.39, 0.29) is 6.61 Å². The maximum atomic E-state index is 9.76. The van der Waals surface area contributed by atoms with Gasteiger partial charge in [0.25, 0.3) is 0 Å². The van der Waals surface area contributed by atoms with Crippen LogP contribution < -0.4 is 0 Å². The standard InChI is InChI=1S/C13H18O6/c14-6-9-10(15)11(16)12(17)13(19-9)18-7-8-4-2-1-3-5-8/h1-5,9-17H,6-7H2/t9-,10-,11+,12-,13+/m1/s1. The Labute approximate surface area is 110 Å². The van der Waals surface area contributed by atoms with E-state index in [4.69, 9.17) is 14.6 Å². The number of aliphatic hydroxyl groups is 4. The summed E-state index contributed by atoms with van der Waals surface area (Å²) in [6, 6.07) is 9.28. The Hall–Kier alpha value is -1.02. The van der Waals surface area contributed by atoms with Crippen LogP contribution in [-0.2, 0) is 16.1 Å². The highest BCUT2D eigenvalue weighted by molar-refractivity contribution is 5.13. The molecule has 4 N–H and O–H groups in total. The van der Waals surface area contributed by atoms with Crippen LogP contribution in [0.4, 0.5) is 0 Å². The smallest absolute Gasteiger partial charge is 0.187 e. The van der Waals surface area contributed by atoms with Crippen molar-refractivity contribution in [2.45, 2.75) is 37.3 Å². The number of rotatable bonds is 4. The molecule has 106 valence electrons. The fourth-order valence-electron chi connectivity index (χ4n) is 1.96. The highest BCUT2D eigenvalue weighted by Crippen LogP contribution is 2.22. The molecule has 1 aliphatic heterocycles. The van der Waals surface area contributed by atoms with Gasteiger partial charge in [0.05, 0.1) is 13.2 Å². The Morgan fingerprint density at radius 2 is 1.68 bits per heavy atom. The molecule has 1 aromatic carbocycles. The molecule has 0 bridgehead atoms. The third-order valence-corrected chi connectivity index (χ3v) is 3.11. The van der Waals surface area contributed by atoms with Gasteiger partial charge >= 0.3 is 0 Å². The third-order valence-electron chi connectivity index (χ3n) is 3.11. The van der Waals surface area contributed by atoms with Crippen LogP contribution in [0.5, 0.6) is 0 Å². The first-order chi connectivity index (χ1) is 9.13. The molecule has 0 aliphatic carbocycles. The second kappa shape index (κ2) is 6.42. The van der Waals surface area contributed by atoms with Gasteiger partial charge < -0.3 is 29.9 Å². The lowest BCUT2D eigenvalue weighted by molar-refractivity contribution is -0.304. The van der Waals surface area contributed by atoms with E-state index in [1.54, 1.807) is 0 Å². The summed E-state index contributed by atoms with van der Waals surface area (Å²) in [4.78, 5) is 0. The molecule has 0 radical (unpaired) electrons. The second-order valence-corrected chi connectivity index (χ2v) is 4.49. The molecule has 6 nitrogen and oxygen atoms in total. The van der Waals surface area contributed by atoms with Crippen molar-refractivity contribution in [3.05, 3.63) is 35.9 Å². The number of ether oxygens (including phenoxy) is 2. The van der Waals surface area contributed by atoms with Crippen LogP contribution in [0.15, 0.2) is 30.3 Å². The van der Waals surface area contributed by atoms with E-state index in [1.807, 2.05) is 30.3 Å².